The van der Waals surface area contributed by atoms with Crippen molar-refractivity contribution < 1.29 is 20.4 Å². The van der Waals surface area contributed by atoms with Crippen molar-refractivity contribution in [1.82, 2.24) is 0 Å². The molecule has 4 N–H and O–H groups in total. The Balaban J connectivity index is 0. The maximum Gasteiger partial charge on any atom is 0.0635 e. The largest absolute Gasteiger partial charge is 0.396 e. The molecule has 0 heterocycles. The third-order valence-corrected chi connectivity index (χ3v) is 3.73. The highest BCUT2D eigenvalue weighted by molar-refractivity contribution is 4.78. The smallest absolute Gasteiger partial charge is 0.0635 e. The zero-order valence-electron chi connectivity index (χ0n) is 14.1. The first-order valence-electron chi connectivity index (χ1n) is 7.75. The molecule has 0 spiro atoms. The highest BCUT2D eigenvalue weighted by atomic mass is 16.3. The van der Waals surface area contributed by atoms with Crippen molar-refractivity contribution in [1.29, 1.82) is 0 Å². The maximum absolute atomic E-state index is 9.49. The van der Waals surface area contributed by atoms with Crippen LogP contribution in [0.5, 0.6) is 0 Å². The van der Waals surface area contributed by atoms with Gasteiger partial charge in [-0.25, -0.2) is 0 Å². The Morgan fingerprint density at radius 3 is 1.70 bits per heavy atom. The first kappa shape index (κ1) is 22.1. The molecule has 0 saturated carbocycles. The Morgan fingerprint density at radius 1 is 1.00 bits per heavy atom. The van der Waals surface area contributed by atoms with Gasteiger partial charge in [-0.1, -0.05) is 48.0 Å². The van der Waals surface area contributed by atoms with Crippen molar-refractivity contribution in [2.75, 3.05) is 13.2 Å². The molecule has 0 radical (unpaired) electrons. The second-order valence-electron chi connectivity index (χ2n) is 6.54. The van der Waals surface area contributed by atoms with Gasteiger partial charge in [-0.05, 0) is 18.8 Å². The number of rotatable bonds is 8. The van der Waals surface area contributed by atoms with E-state index in [9.17, 15) is 10.2 Å². The van der Waals surface area contributed by atoms with Gasteiger partial charge in [0, 0.05) is 17.9 Å². The minimum absolute atomic E-state index is 0.0341. The van der Waals surface area contributed by atoms with Crippen LogP contribution in [-0.2, 0) is 0 Å². The van der Waals surface area contributed by atoms with Crippen LogP contribution >= 0.6 is 0 Å². The molecule has 0 aliphatic carbocycles. The minimum Gasteiger partial charge on any atom is -0.396 e. The predicted octanol–water partition coefficient (Wildman–Crippen LogP) is 2.19. The number of hydrogen-bond donors (Lipinski definition) is 4. The summed E-state index contributed by atoms with van der Waals surface area (Å²) in [4.78, 5) is 0. The first-order valence-corrected chi connectivity index (χ1v) is 7.75. The molecule has 0 aliphatic rings. The molecule has 0 aromatic carbocycles. The fraction of sp³-hybridized carbons (Fsp3) is 1.00. The minimum atomic E-state index is -0.419. The Labute approximate surface area is 124 Å². The van der Waals surface area contributed by atoms with Gasteiger partial charge in [-0.3, -0.25) is 0 Å². The molecule has 0 aromatic heterocycles. The topological polar surface area (TPSA) is 80.9 Å². The van der Waals surface area contributed by atoms with E-state index in [4.69, 9.17) is 10.2 Å². The highest BCUT2D eigenvalue weighted by Crippen LogP contribution is 2.24. The maximum atomic E-state index is 9.49. The molecule has 20 heavy (non-hydrogen) atoms. The van der Waals surface area contributed by atoms with E-state index in [0.29, 0.717) is 0 Å². The molecule has 0 aliphatic heterocycles. The molecular formula is C16H36O4. The van der Waals surface area contributed by atoms with Gasteiger partial charge in [0.1, 0.15) is 0 Å². The normalized spacial score (nSPS) is 16.4. The lowest BCUT2D eigenvalue weighted by Gasteiger charge is -2.30. The van der Waals surface area contributed by atoms with E-state index in [1.165, 1.54) is 0 Å². The van der Waals surface area contributed by atoms with Crippen LogP contribution in [0.4, 0.5) is 0 Å². The predicted molar refractivity (Wildman–Crippen MR) is 83.5 cm³/mol. The van der Waals surface area contributed by atoms with E-state index in [1.54, 1.807) is 0 Å². The van der Waals surface area contributed by atoms with E-state index in [0.717, 1.165) is 19.3 Å². The monoisotopic (exact) mass is 292 g/mol. The summed E-state index contributed by atoms with van der Waals surface area (Å²) in [5, 5.41) is 36.5. The molecule has 0 rings (SSSR count). The molecule has 0 aromatic rings. The van der Waals surface area contributed by atoms with Crippen LogP contribution in [0.25, 0.3) is 0 Å². The van der Waals surface area contributed by atoms with Gasteiger partial charge in [0.15, 0.2) is 0 Å². The highest BCUT2D eigenvalue weighted by Gasteiger charge is 2.28. The van der Waals surface area contributed by atoms with E-state index in [-0.39, 0.29) is 36.6 Å². The molecule has 0 amide bonds. The standard InChI is InChI=1S/2C8H18O2/c1-6(2)7(10)8(3,4)5-9;1-3-5-8(10)7(4-2)6-9/h6-7,9-10H,5H2,1-4H3;7-10H,3-6H2,1-2H3. The second kappa shape index (κ2) is 11.5. The van der Waals surface area contributed by atoms with E-state index in [2.05, 4.69) is 0 Å². The summed E-state index contributed by atoms with van der Waals surface area (Å²) in [6, 6.07) is 0. The zero-order valence-corrected chi connectivity index (χ0v) is 14.1. The quantitative estimate of drug-likeness (QED) is 0.553. The average molecular weight is 292 g/mol. The van der Waals surface area contributed by atoms with E-state index in [1.807, 2.05) is 41.5 Å². The van der Waals surface area contributed by atoms with Crippen LogP contribution in [-0.4, -0.2) is 45.8 Å². The summed E-state index contributed by atoms with van der Waals surface area (Å²) in [5.41, 5.74) is -0.367. The van der Waals surface area contributed by atoms with Crippen LogP contribution in [0.2, 0.25) is 0 Å². The lowest BCUT2D eigenvalue weighted by atomic mass is 9.82. The Morgan fingerprint density at radius 2 is 1.50 bits per heavy atom. The first-order chi connectivity index (χ1) is 9.17. The molecule has 0 fully saturated rings. The third kappa shape index (κ3) is 8.90. The summed E-state index contributed by atoms with van der Waals surface area (Å²) >= 11 is 0. The molecule has 0 bridgehead atoms. The number of hydrogen-bond acceptors (Lipinski definition) is 4. The van der Waals surface area contributed by atoms with Crippen LogP contribution in [0, 0.1) is 17.3 Å². The van der Waals surface area contributed by atoms with Crippen LogP contribution < -0.4 is 0 Å². The molecule has 0 saturated heterocycles. The average Bonchev–Trinajstić information content (AvgIpc) is 2.40. The van der Waals surface area contributed by atoms with E-state index < -0.39 is 6.10 Å². The van der Waals surface area contributed by atoms with Crippen molar-refractivity contribution >= 4 is 0 Å². The van der Waals surface area contributed by atoms with Crippen molar-refractivity contribution in [3.8, 4) is 0 Å². The van der Waals surface area contributed by atoms with Crippen LogP contribution in [0.15, 0.2) is 0 Å². The Bertz CT molecular complexity index is 213. The summed E-state index contributed by atoms with van der Waals surface area (Å²) in [6.45, 7) is 11.8. The second-order valence-corrected chi connectivity index (χ2v) is 6.54. The fourth-order valence-corrected chi connectivity index (χ4v) is 2.05. The number of aliphatic hydroxyl groups is 4. The molecule has 3 atom stereocenters. The lowest BCUT2D eigenvalue weighted by molar-refractivity contribution is -0.0204. The summed E-state index contributed by atoms with van der Waals surface area (Å²) < 4.78 is 0. The zero-order chi connectivity index (χ0) is 16.3. The molecule has 3 unspecified atom stereocenters. The van der Waals surface area contributed by atoms with Gasteiger partial charge in [0.05, 0.1) is 18.8 Å². The summed E-state index contributed by atoms with van der Waals surface area (Å²) in [7, 11) is 0. The Kier molecular flexibility index (Phi) is 12.7. The lowest BCUT2D eigenvalue weighted by Crippen LogP contribution is -2.36. The number of aliphatic hydroxyl groups excluding tert-OH is 4. The molecular weight excluding hydrogens is 256 g/mol. The van der Waals surface area contributed by atoms with Gasteiger partial charge in [0.2, 0.25) is 0 Å². The van der Waals surface area contributed by atoms with Crippen molar-refractivity contribution in [3.63, 3.8) is 0 Å². The SMILES string of the molecule is CC(C)C(O)C(C)(C)CO.CCCC(O)C(CC)CO. The molecule has 124 valence electrons. The van der Waals surface area contributed by atoms with Gasteiger partial charge < -0.3 is 20.4 Å². The van der Waals surface area contributed by atoms with Crippen molar-refractivity contribution in [2.45, 2.75) is 73.0 Å². The van der Waals surface area contributed by atoms with Crippen LogP contribution in [0.3, 0.4) is 0 Å². The van der Waals surface area contributed by atoms with E-state index >= 15 is 0 Å². The Hall–Kier alpha value is -0.160. The van der Waals surface area contributed by atoms with Gasteiger partial charge in [-0.15, -0.1) is 0 Å². The van der Waals surface area contributed by atoms with Gasteiger partial charge in [-0.2, -0.15) is 0 Å². The summed E-state index contributed by atoms with van der Waals surface area (Å²) in [6.07, 6.45) is 1.92. The van der Waals surface area contributed by atoms with Crippen molar-refractivity contribution in [2.24, 2.45) is 17.3 Å². The molecule has 4 heteroatoms. The van der Waals surface area contributed by atoms with Gasteiger partial charge >= 0.3 is 0 Å². The van der Waals surface area contributed by atoms with Gasteiger partial charge in [0.25, 0.3) is 0 Å². The third-order valence-electron chi connectivity index (χ3n) is 3.73. The molecule has 4 nitrogen and oxygen atoms in total. The fourth-order valence-electron chi connectivity index (χ4n) is 2.05. The summed E-state index contributed by atoms with van der Waals surface area (Å²) in [5.74, 6) is 0.294. The van der Waals surface area contributed by atoms with Crippen LogP contribution in [0.1, 0.15) is 60.8 Å². The van der Waals surface area contributed by atoms with Crippen molar-refractivity contribution in [3.05, 3.63) is 0 Å².